The van der Waals surface area contributed by atoms with Gasteiger partial charge in [-0.25, -0.2) is 4.98 Å². The average molecular weight is 626 g/mol. The number of carbonyl (C=O) groups is 3. The Labute approximate surface area is 268 Å². The van der Waals surface area contributed by atoms with Gasteiger partial charge in [-0.3, -0.25) is 19.4 Å². The molecule has 0 radical (unpaired) electrons. The van der Waals surface area contributed by atoms with E-state index in [1.807, 2.05) is 39.0 Å². The number of aliphatic carboxylic acids is 2. The second-order valence-corrected chi connectivity index (χ2v) is 13.0. The predicted molar refractivity (Wildman–Crippen MR) is 179 cm³/mol. The van der Waals surface area contributed by atoms with Crippen molar-refractivity contribution in [1.29, 1.82) is 0 Å². The Balaban J connectivity index is 1.90. The number of H-pyrrole nitrogens is 2. The molecule has 0 spiro atoms. The van der Waals surface area contributed by atoms with Gasteiger partial charge in [-0.05, 0) is 98.2 Å². The van der Waals surface area contributed by atoms with Gasteiger partial charge in [0.1, 0.15) is 0 Å². The summed E-state index contributed by atoms with van der Waals surface area (Å²) in [5.74, 6) is -1.78. The van der Waals surface area contributed by atoms with E-state index >= 15 is 0 Å². The van der Waals surface area contributed by atoms with Crippen molar-refractivity contribution in [3.63, 3.8) is 0 Å². The zero-order valence-corrected chi connectivity index (χ0v) is 27.7. The Morgan fingerprint density at radius 1 is 0.870 bits per heavy atom. The van der Waals surface area contributed by atoms with Crippen molar-refractivity contribution in [2.45, 2.75) is 84.5 Å². The molecule has 2 atom stereocenters. The second kappa shape index (κ2) is 12.6. The van der Waals surface area contributed by atoms with Crippen molar-refractivity contribution in [1.82, 2.24) is 24.8 Å². The molecule has 2 aliphatic rings. The normalized spacial score (nSPS) is 17.8. The summed E-state index contributed by atoms with van der Waals surface area (Å²) in [5.41, 5.74) is 10.3. The molecule has 8 bridgehead atoms. The van der Waals surface area contributed by atoms with Crippen LogP contribution in [0.4, 0.5) is 0 Å². The summed E-state index contributed by atoms with van der Waals surface area (Å²) in [6.07, 6.45) is 1.59. The molecule has 0 saturated heterocycles. The maximum atomic E-state index is 13.2. The van der Waals surface area contributed by atoms with Crippen LogP contribution < -0.4 is 0 Å². The topological polar surface area (TPSA) is 152 Å². The first kappa shape index (κ1) is 32.7. The van der Waals surface area contributed by atoms with Crippen LogP contribution in [0.1, 0.15) is 98.3 Å². The molecule has 2 aliphatic heterocycles. The van der Waals surface area contributed by atoms with E-state index in [1.54, 1.807) is 19.0 Å². The van der Waals surface area contributed by atoms with Crippen LogP contribution in [-0.2, 0) is 26.2 Å². The Morgan fingerprint density at radius 2 is 1.57 bits per heavy atom. The number of hydrogen-bond acceptors (Lipinski definition) is 5. The molecule has 3 aromatic heterocycles. The smallest absolute Gasteiger partial charge is 0.303 e. The van der Waals surface area contributed by atoms with Crippen molar-refractivity contribution in [3.8, 4) is 0 Å². The average Bonchev–Trinajstić information content (AvgIpc) is 3.64. The Hall–Kier alpha value is -4.73. The largest absolute Gasteiger partial charge is 0.481 e. The van der Waals surface area contributed by atoms with Crippen LogP contribution >= 0.6 is 0 Å². The van der Waals surface area contributed by atoms with Gasteiger partial charge >= 0.3 is 11.9 Å². The van der Waals surface area contributed by atoms with Gasteiger partial charge in [-0.15, -0.1) is 0 Å². The van der Waals surface area contributed by atoms with Crippen LogP contribution in [0.25, 0.3) is 33.2 Å². The van der Waals surface area contributed by atoms with Crippen LogP contribution in [0.3, 0.4) is 0 Å². The SMILES string of the molecule is CC[C@H]1c2cc3[nH]c(cc4nc(cc5[nH]c(cc(n2)[C@@]1(C)CC(=O)N(C)C)c(C)c5CCC(=O)O)C(CCC(=O)O)=C4C)cc3C. The van der Waals surface area contributed by atoms with Crippen LogP contribution in [-0.4, -0.2) is 67.0 Å². The van der Waals surface area contributed by atoms with E-state index in [-0.39, 0.29) is 31.1 Å². The zero-order chi connectivity index (χ0) is 33.5. The molecular weight excluding hydrogens is 582 g/mol. The summed E-state index contributed by atoms with van der Waals surface area (Å²) in [5, 5.41) is 19.0. The summed E-state index contributed by atoms with van der Waals surface area (Å²) >= 11 is 0. The van der Waals surface area contributed by atoms with Crippen molar-refractivity contribution >= 4 is 51.1 Å². The minimum absolute atomic E-state index is 0.0147. The van der Waals surface area contributed by atoms with Crippen LogP contribution in [0.2, 0.25) is 0 Å². The number of amides is 1. The van der Waals surface area contributed by atoms with E-state index in [1.165, 1.54) is 0 Å². The number of nitrogens with one attached hydrogen (secondary N) is 2. The third-order valence-corrected chi connectivity index (χ3v) is 9.62. The molecule has 0 aliphatic carbocycles. The van der Waals surface area contributed by atoms with E-state index in [2.05, 4.69) is 35.9 Å². The summed E-state index contributed by atoms with van der Waals surface area (Å²) in [6, 6.07) is 10.0. The van der Waals surface area contributed by atoms with Crippen molar-refractivity contribution in [2.75, 3.05) is 14.1 Å². The molecule has 0 unspecified atom stereocenters. The van der Waals surface area contributed by atoms with Gasteiger partial charge < -0.3 is 25.1 Å². The van der Waals surface area contributed by atoms with Gasteiger partial charge in [0.2, 0.25) is 5.91 Å². The number of carboxylic acids is 2. The molecule has 10 heteroatoms. The molecule has 10 nitrogen and oxygen atoms in total. The van der Waals surface area contributed by atoms with Gasteiger partial charge in [0.05, 0.1) is 11.4 Å². The molecule has 5 heterocycles. The standard InChI is InChI=1S/C36H43N5O5/c1-8-25-31-15-26-19(2)13-22(37-26)14-27-20(3)23(9-11-34(43)44)29(38-27)16-30-24(10-12-35(45)46)21(4)28(39-30)17-32(40-31)36(25,5)18-33(42)41(6)7/h13-17,25,37,39H,8-12,18H2,1-7H3,(H,43,44)(H,45,46)/t25-,36-/m0/s1. The summed E-state index contributed by atoms with van der Waals surface area (Å²) < 4.78 is 0. The van der Waals surface area contributed by atoms with Crippen molar-refractivity contribution in [3.05, 3.63) is 69.8 Å². The number of hydrogen-bond donors (Lipinski definition) is 4. The second-order valence-electron chi connectivity index (χ2n) is 13.0. The zero-order valence-electron chi connectivity index (χ0n) is 27.7. The van der Waals surface area contributed by atoms with Crippen molar-refractivity contribution < 1.29 is 24.6 Å². The molecule has 3 aromatic rings. The fraction of sp³-hybridized carbons (Fsp3) is 0.417. The van der Waals surface area contributed by atoms with Crippen LogP contribution in [0.15, 0.2) is 30.3 Å². The van der Waals surface area contributed by atoms with Crippen LogP contribution in [0.5, 0.6) is 0 Å². The fourth-order valence-corrected chi connectivity index (χ4v) is 6.86. The molecule has 1 amide bonds. The first-order valence-corrected chi connectivity index (χ1v) is 15.8. The molecular formula is C36H43N5O5. The minimum Gasteiger partial charge on any atom is -0.481 e. The highest BCUT2D eigenvalue weighted by Gasteiger charge is 2.44. The molecule has 242 valence electrons. The molecule has 46 heavy (non-hydrogen) atoms. The maximum Gasteiger partial charge on any atom is 0.303 e. The lowest BCUT2D eigenvalue weighted by atomic mass is 9.71. The van der Waals surface area contributed by atoms with E-state index in [4.69, 9.17) is 9.97 Å². The number of aromatic amines is 2. The number of nitrogens with zero attached hydrogens (tertiary/aromatic N) is 3. The van der Waals surface area contributed by atoms with Gasteiger partial charge in [0.15, 0.2) is 0 Å². The van der Waals surface area contributed by atoms with Gasteiger partial charge in [0, 0.05) is 78.1 Å². The summed E-state index contributed by atoms with van der Waals surface area (Å²) in [6.45, 7) is 10.2. The van der Waals surface area contributed by atoms with Gasteiger partial charge in [-0.2, -0.15) is 0 Å². The van der Waals surface area contributed by atoms with Gasteiger partial charge in [0.25, 0.3) is 0 Å². The number of aryl methyl sites for hydroxylation is 3. The Kier molecular flexibility index (Phi) is 8.93. The number of carboxylic acid groups (broad SMARTS) is 2. The lowest BCUT2D eigenvalue weighted by Crippen LogP contribution is -2.34. The first-order valence-electron chi connectivity index (χ1n) is 15.8. The Morgan fingerprint density at radius 3 is 2.22 bits per heavy atom. The number of carbonyl (C=O) groups excluding carboxylic acids is 1. The first-order chi connectivity index (χ1) is 21.7. The van der Waals surface area contributed by atoms with E-state index in [9.17, 15) is 24.6 Å². The highest BCUT2D eigenvalue weighted by atomic mass is 16.4. The third kappa shape index (κ3) is 6.21. The third-order valence-electron chi connectivity index (χ3n) is 9.62. The fourth-order valence-electron chi connectivity index (χ4n) is 6.86. The summed E-state index contributed by atoms with van der Waals surface area (Å²) in [4.78, 5) is 55.3. The minimum atomic E-state index is -0.896. The lowest BCUT2D eigenvalue weighted by molar-refractivity contribution is -0.137. The highest BCUT2D eigenvalue weighted by molar-refractivity contribution is 5.93. The number of fused-ring (bicyclic) bond motifs is 8. The Bertz CT molecular complexity index is 1930. The predicted octanol–water partition coefficient (Wildman–Crippen LogP) is 6.67. The number of allylic oxidation sites excluding steroid dienone is 2. The molecule has 0 fully saturated rings. The molecule has 0 saturated carbocycles. The van der Waals surface area contributed by atoms with Crippen LogP contribution in [0, 0.1) is 13.8 Å². The monoisotopic (exact) mass is 625 g/mol. The molecule has 4 N–H and O–H groups in total. The number of rotatable bonds is 9. The summed E-state index contributed by atoms with van der Waals surface area (Å²) in [7, 11) is 3.53. The quantitative estimate of drug-likeness (QED) is 0.207. The molecule has 5 rings (SSSR count). The number of aromatic nitrogens is 4. The van der Waals surface area contributed by atoms with E-state index in [0.717, 1.165) is 73.4 Å². The van der Waals surface area contributed by atoms with E-state index in [0.29, 0.717) is 18.5 Å². The van der Waals surface area contributed by atoms with Crippen molar-refractivity contribution in [2.24, 2.45) is 0 Å². The maximum absolute atomic E-state index is 13.2. The lowest BCUT2D eigenvalue weighted by Gasteiger charge is -2.31. The van der Waals surface area contributed by atoms with E-state index < -0.39 is 17.4 Å². The molecule has 0 aromatic carbocycles. The van der Waals surface area contributed by atoms with Gasteiger partial charge in [-0.1, -0.05) is 13.8 Å². The highest BCUT2D eigenvalue weighted by Crippen LogP contribution is 2.47.